The lowest BCUT2D eigenvalue weighted by Crippen LogP contribution is -2.27. The molecule has 0 aliphatic rings. The summed E-state index contributed by atoms with van der Waals surface area (Å²) in [6, 6.07) is 10.5. The molecule has 1 heterocycles. The van der Waals surface area contributed by atoms with Gasteiger partial charge in [-0.2, -0.15) is 5.10 Å². The molecule has 0 radical (unpaired) electrons. The highest BCUT2D eigenvalue weighted by atomic mass is 16.2. The van der Waals surface area contributed by atoms with Crippen LogP contribution in [0.25, 0.3) is 5.69 Å². The average molecular weight is 301 g/mol. The van der Waals surface area contributed by atoms with E-state index < -0.39 is 5.91 Å². The largest absolute Gasteiger partial charge is 0.364 e. The van der Waals surface area contributed by atoms with Crippen molar-refractivity contribution in [2.45, 2.75) is 6.42 Å². The van der Waals surface area contributed by atoms with E-state index in [1.807, 2.05) is 25.2 Å². The van der Waals surface area contributed by atoms with Gasteiger partial charge in [-0.1, -0.05) is 18.2 Å². The fourth-order valence-electron chi connectivity index (χ4n) is 1.99. The molecule has 2 aromatic rings. The third-order valence-corrected chi connectivity index (χ3v) is 3.08. The number of rotatable bonds is 7. The van der Waals surface area contributed by atoms with Crippen molar-refractivity contribution in [1.29, 1.82) is 0 Å². The first-order valence-electron chi connectivity index (χ1n) is 7.01. The maximum Gasteiger partial charge on any atom is 0.271 e. The number of carbonyl (C=O) groups excluding carboxylic acids is 2. The smallest absolute Gasteiger partial charge is 0.271 e. The Morgan fingerprint density at radius 1 is 1.23 bits per heavy atom. The molecule has 0 atom stereocenters. The topological polar surface area (TPSA) is 102 Å². The van der Waals surface area contributed by atoms with Crippen molar-refractivity contribution < 1.29 is 9.59 Å². The van der Waals surface area contributed by atoms with Gasteiger partial charge in [0, 0.05) is 12.6 Å². The lowest BCUT2D eigenvalue weighted by Gasteiger charge is -2.04. The summed E-state index contributed by atoms with van der Waals surface area (Å²) in [6.45, 7) is 1.34. The summed E-state index contributed by atoms with van der Waals surface area (Å²) in [6.07, 6.45) is 0.810. The molecule has 7 nitrogen and oxygen atoms in total. The zero-order valence-electron chi connectivity index (χ0n) is 12.4. The van der Waals surface area contributed by atoms with Gasteiger partial charge in [-0.05, 0) is 32.1 Å². The predicted octanol–water partition coefficient (Wildman–Crippen LogP) is 0.311. The number of aromatic nitrogens is 2. The molecule has 0 saturated carbocycles. The van der Waals surface area contributed by atoms with Crippen LogP contribution in [0, 0.1) is 0 Å². The molecule has 2 rings (SSSR count). The van der Waals surface area contributed by atoms with Crippen LogP contribution in [0.3, 0.4) is 0 Å². The highest BCUT2D eigenvalue weighted by Gasteiger charge is 2.18. The van der Waals surface area contributed by atoms with Gasteiger partial charge in [0.05, 0.1) is 5.69 Å². The van der Waals surface area contributed by atoms with Gasteiger partial charge in [-0.25, -0.2) is 4.68 Å². The zero-order valence-corrected chi connectivity index (χ0v) is 12.4. The molecule has 0 fully saturated rings. The Labute approximate surface area is 128 Å². The molecular formula is C15H19N5O2. The number of hydrogen-bond acceptors (Lipinski definition) is 4. The average Bonchev–Trinajstić information content (AvgIpc) is 2.98. The van der Waals surface area contributed by atoms with Gasteiger partial charge in [0.25, 0.3) is 11.8 Å². The molecule has 116 valence electrons. The normalized spacial score (nSPS) is 10.4. The highest BCUT2D eigenvalue weighted by molar-refractivity contribution is 5.97. The monoisotopic (exact) mass is 301 g/mol. The minimum atomic E-state index is -0.634. The first-order chi connectivity index (χ1) is 10.6. The molecule has 0 spiro atoms. The number of primary amides is 1. The zero-order chi connectivity index (χ0) is 15.9. The van der Waals surface area contributed by atoms with Gasteiger partial charge >= 0.3 is 0 Å². The SMILES string of the molecule is CNCCCNC(=O)c1cc(C(N)=O)n(-c2ccccc2)n1. The lowest BCUT2D eigenvalue weighted by molar-refractivity contribution is 0.0947. The second kappa shape index (κ2) is 7.37. The van der Waals surface area contributed by atoms with Gasteiger partial charge in [0.2, 0.25) is 0 Å². The lowest BCUT2D eigenvalue weighted by atomic mass is 10.3. The quantitative estimate of drug-likeness (QED) is 0.640. The second-order valence-corrected chi connectivity index (χ2v) is 4.74. The van der Waals surface area contributed by atoms with Crippen molar-refractivity contribution in [2.75, 3.05) is 20.1 Å². The molecule has 0 saturated heterocycles. The van der Waals surface area contributed by atoms with Crippen LogP contribution in [-0.4, -0.2) is 41.7 Å². The Kier molecular flexibility index (Phi) is 5.26. The van der Waals surface area contributed by atoms with Crippen LogP contribution in [0.15, 0.2) is 36.4 Å². The Hall–Kier alpha value is -2.67. The van der Waals surface area contributed by atoms with Gasteiger partial charge in [-0.3, -0.25) is 9.59 Å². The predicted molar refractivity (Wildman–Crippen MR) is 83.0 cm³/mol. The highest BCUT2D eigenvalue weighted by Crippen LogP contribution is 2.12. The van der Waals surface area contributed by atoms with E-state index in [0.29, 0.717) is 12.2 Å². The molecule has 4 N–H and O–H groups in total. The Balaban J connectivity index is 2.20. The molecule has 0 aliphatic heterocycles. The molecule has 0 aliphatic carbocycles. The first kappa shape index (κ1) is 15.7. The summed E-state index contributed by atoms with van der Waals surface area (Å²) in [5.74, 6) is -0.959. The van der Waals surface area contributed by atoms with Crippen LogP contribution in [0.1, 0.15) is 27.4 Å². The van der Waals surface area contributed by atoms with E-state index >= 15 is 0 Å². The summed E-state index contributed by atoms with van der Waals surface area (Å²) in [7, 11) is 1.85. The Bertz CT molecular complexity index is 651. The first-order valence-corrected chi connectivity index (χ1v) is 7.01. The molecule has 0 unspecified atom stereocenters. The van der Waals surface area contributed by atoms with Crippen molar-refractivity contribution in [1.82, 2.24) is 20.4 Å². The molecule has 0 bridgehead atoms. The molecule has 1 aromatic heterocycles. The Morgan fingerprint density at radius 2 is 1.95 bits per heavy atom. The van der Waals surface area contributed by atoms with E-state index in [1.165, 1.54) is 10.7 Å². The van der Waals surface area contributed by atoms with Gasteiger partial charge < -0.3 is 16.4 Å². The van der Waals surface area contributed by atoms with Crippen LogP contribution in [0.5, 0.6) is 0 Å². The molecule has 7 heteroatoms. The van der Waals surface area contributed by atoms with E-state index in [9.17, 15) is 9.59 Å². The fraction of sp³-hybridized carbons (Fsp3) is 0.267. The molecule has 2 amide bonds. The number of nitrogens with zero attached hydrogens (tertiary/aromatic N) is 2. The Morgan fingerprint density at radius 3 is 2.59 bits per heavy atom. The molecular weight excluding hydrogens is 282 g/mol. The van der Waals surface area contributed by atoms with Crippen LogP contribution in [0.4, 0.5) is 0 Å². The van der Waals surface area contributed by atoms with Gasteiger partial charge in [0.1, 0.15) is 5.69 Å². The minimum absolute atomic E-state index is 0.169. The third-order valence-electron chi connectivity index (χ3n) is 3.08. The number of nitrogens with one attached hydrogen (secondary N) is 2. The standard InChI is InChI=1S/C15H19N5O2/c1-17-8-5-9-18-15(22)12-10-13(14(16)21)20(19-12)11-6-3-2-4-7-11/h2-4,6-7,10,17H,5,8-9H2,1H3,(H2,16,21)(H,18,22). The molecule has 1 aromatic carbocycles. The van der Waals surface area contributed by atoms with Crippen molar-refractivity contribution in [3.63, 3.8) is 0 Å². The van der Waals surface area contributed by atoms with E-state index in [-0.39, 0.29) is 17.3 Å². The summed E-state index contributed by atoms with van der Waals surface area (Å²) < 4.78 is 1.38. The number of carbonyl (C=O) groups is 2. The van der Waals surface area contributed by atoms with E-state index in [2.05, 4.69) is 15.7 Å². The van der Waals surface area contributed by atoms with E-state index in [0.717, 1.165) is 13.0 Å². The van der Waals surface area contributed by atoms with Crippen molar-refractivity contribution in [3.05, 3.63) is 47.8 Å². The third kappa shape index (κ3) is 3.70. The summed E-state index contributed by atoms with van der Waals surface area (Å²) in [4.78, 5) is 23.6. The summed E-state index contributed by atoms with van der Waals surface area (Å²) in [5.41, 5.74) is 6.38. The van der Waals surface area contributed by atoms with Crippen molar-refractivity contribution >= 4 is 11.8 Å². The number of nitrogens with two attached hydrogens (primary N) is 1. The summed E-state index contributed by atoms with van der Waals surface area (Å²) in [5, 5.41) is 9.95. The van der Waals surface area contributed by atoms with Gasteiger partial charge in [0.15, 0.2) is 5.69 Å². The number of amides is 2. The van der Waals surface area contributed by atoms with E-state index in [4.69, 9.17) is 5.73 Å². The fourth-order valence-corrected chi connectivity index (χ4v) is 1.99. The van der Waals surface area contributed by atoms with Crippen LogP contribution < -0.4 is 16.4 Å². The van der Waals surface area contributed by atoms with Gasteiger partial charge in [-0.15, -0.1) is 0 Å². The molecule has 22 heavy (non-hydrogen) atoms. The van der Waals surface area contributed by atoms with E-state index in [1.54, 1.807) is 12.1 Å². The number of benzene rings is 1. The maximum absolute atomic E-state index is 12.1. The maximum atomic E-state index is 12.1. The summed E-state index contributed by atoms with van der Waals surface area (Å²) >= 11 is 0. The van der Waals surface area contributed by atoms with Crippen molar-refractivity contribution in [3.8, 4) is 5.69 Å². The van der Waals surface area contributed by atoms with Crippen LogP contribution in [-0.2, 0) is 0 Å². The number of para-hydroxylation sites is 1. The second-order valence-electron chi connectivity index (χ2n) is 4.74. The van der Waals surface area contributed by atoms with Crippen molar-refractivity contribution in [2.24, 2.45) is 5.73 Å². The van der Waals surface area contributed by atoms with Crippen LogP contribution >= 0.6 is 0 Å². The number of hydrogen-bond donors (Lipinski definition) is 3. The van der Waals surface area contributed by atoms with Crippen LogP contribution in [0.2, 0.25) is 0 Å². The minimum Gasteiger partial charge on any atom is -0.364 e.